The predicted molar refractivity (Wildman–Crippen MR) is 52.9 cm³/mol. The van der Waals surface area contributed by atoms with Crippen LogP contribution in [0, 0.1) is 0 Å². The van der Waals surface area contributed by atoms with Gasteiger partial charge < -0.3 is 10.5 Å². The molecule has 1 rings (SSSR count). The smallest absolute Gasteiger partial charge is 0.307 e. The molecule has 1 atom stereocenters. The molecular weight excluding hydrogens is 210 g/mol. The third-order valence-corrected chi connectivity index (χ3v) is 2.86. The standard InChI is InChI=1S/C8H10ClNO2S/c1-12-7(11)4-6(10)5-2-3-13-8(5)9/h2-3,6H,4,10H2,1H3/t6-/m1/s1. The highest BCUT2D eigenvalue weighted by Gasteiger charge is 2.15. The van der Waals surface area contributed by atoms with E-state index in [4.69, 9.17) is 17.3 Å². The van der Waals surface area contributed by atoms with Gasteiger partial charge in [0.25, 0.3) is 0 Å². The Morgan fingerprint density at radius 3 is 3.00 bits per heavy atom. The summed E-state index contributed by atoms with van der Waals surface area (Å²) in [4.78, 5) is 10.9. The lowest BCUT2D eigenvalue weighted by atomic mass is 10.1. The lowest BCUT2D eigenvalue weighted by Gasteiger charge is -2.08. The maximum absolute atomic E-state index is 10.9. The monoisotopic (exact) mass is 219 g/mol. The zero-order chi connectivity index (χ0) is 9.84. The number of rotatable bonds is 3. The van der Waals surface area contributed by atoms with Crippen molar-refractivity contribution in [3.8, 4) is 0 Å². The number of carbonyl (C=O) groups excluding carboxylic acids is 1. The normalized spacial score (nSPS) is 12.5. The summed E-state index contributed by atoms with van der Waals surface area (Å²) < 4.78 is 5.14. The fourth-order valence-electron chi connectivity index (χ4n) is 0.943. The van der Waals surface area contributed by atoms with Crippen LogP contribution in [0.5, 0.6) is 0 Å². The first-order valence-electron chi connectivity index (χ1n) is 3.70. The number of carbonyl (C=O) groups is 1. The lowest BCUT2D eigenvalue weighted by Crippen LogP contribution is -2.15. The molecule has 0 spiro atoms. The summed E-state index contributed by atoms with van der Waals surface area (Å²) in [7, 11) is 1.34. The summed E-state index contributed by atoms with van der Waals surface area (Å²) in [6.07, 6.45) is 0.160. The van der Waals surface area contributed by atoms with Gasteiger partial charge in [-0.05, 0) is 17.0 Å². The highest BCUT2D eigenvalue weighted by atomic mass is 35.5. The van der Waals surface area contributed by atoms with Crippen molar-refractivity contribution in [1.82, 2.24) is 0 Å². The molecule has 2 N–H and O–H groups in total. The van der Waals surface area contributed by atoms with E-state index in [2.05, 4.69) is 4.74 Å². The van der Waals surface area contributed by atoms with E-state index in [1.54, 1.807) is 0 Å². The minimum Gasteiger partial charge on any atom is -0.469 e. The van der Waals surface area contributed by atoms with Crippen LogP contribution in [-0.2, 0) is 9.53 Å². The van der Waals surface area contributed by atoms with E-state index >= 15 is 0 Å². The first kappa shape index (κ1) is 10.5. The molecule has 0 saturated carbocycles. The van der Waals surface area contributed by atoms with Crippen LogP contribution in [0.2, 0.25) is 4.34 Å². The van der Waals surface area contributed by atoms with Gasteiger partial charge >= 0.3 is 5.97 Å². The average Bonchev–Trinajstić information content (AvgIpc) is 2.51. The zero-order valence-corrected chi connectivity index (χ0v) is 8.69. The fourth-order valence-corrected chi connectivity index (χ4v) is 1.99. The number of thiophene rings is 1. The first-order chi connectivity index (χ1) is 6.15. The molecule has 0 aromatic carbocycles. The maximum Gasteiger partial charge on any atom is 0.307 e. The van der Waals surface area contributed by atoms with Crippen molar-refractivity contribution in [2.75, 3.05) is 7.11 Å². The van der Waals surface area contributed by atoms with E-state index in [-0.39, 0.29) is 18.4 Å². The molecule has 0 aliphatic carbocycles. The summed E-state index contributed by atoms with van der Waals surface area (Å²) in [5.74, 6) is -0.324. The van der Waals surface area contributed by atoms with E-state index in [0.717, 1.165) is 5.56 Å². The van der Waals surface area contributed by atoms with Crippen LogP contribution in [0.3, 0.4) is 0 Å². The van der Waals surface area contributed by atoms with Gasteiger partial charge in [0.1, 0.15) is 0 Å². The van der Waals surface area contributed by atoms with E-state index in [0.29, 0.717) is 4.34 Å². The van der Waals surface area contributed by atoms with Crippen LogP contribution in [0.1, 0.15) is 18.0 Å². The Hall–Kier alpha value is -0.580. The quantitative estimate of drug-likeness (QED) is 0.791. The molecule has 0 radical (unpaired) electrons. The lowest BCUT2D eigenvalue weighted by molar-refractivity contribution is -0.141. The second kappa shape index (κ2) is 4.60. The van der Waals surface area contributed by atoms with Crippen molar-refractivity contribution in [2.45, 2.75) is 12.5 Å². The topological polar surface area (TPSA) is 52.3 Å². The van der Waals surface area contributed by atoms with Gasteiger partial charge in [-0.2, -0.15) is 0 Å². The minimum absolute atomic E-state index is 0.160. The average molecular weight is 220 g/mol. The Balaban J connectivity index is 2.63. The molecule has 0 saturated heterocycles. The predicted octanol–water partition coefficient (Wildman–Crippen LogP) is 1.96. The van der Waals surface area contributed by atoms with Crippen molar-refractivity contribution in [1.29, 1.82) is 0 Å². The van der Waals surface area contributed by atoms with E-state index in [1.165, 1.54) is 18.4 Å². The molecule has 0 unspecified atom stereocenters. The van der Waals surface area contributed by atoms with E-state index in [1.807, 2.05) is 11.4 Å². The fraction of sp³-hybridized carbons (Fsp3) is 0.375. The SMILES string of the molecule is COC(=O)C[C@@H](N)c1ccsc1Cl. The molecule has 0 amide bonds. The van der Waals surface area contributed by atoms with Gasteiger partial charge in [-0.25, -0.2) is 0 Å². The molecular formula is C8H10ClNO2S. The molecule has 1 aromatic rings. The number of hydrogen-bond acceptors (Lipinski definition) is 4. The van der Waals surface area contributed by atoms with Crippen molar-refractivity contribution in [3.05, 3.63) is 21.3 Å². The summed E-state index contributed by atoms with van der Waals surface area (Å²) in [6, 6.07) is 1.45. The first-order valence-corrected chi connectivity index (χ1v) is 4.96. The van der Waals surface area contributed by atoms with Crippen molar-refractivity contribution in [3.63, 3.8) is 0 Å². The Morgan fingerprint density at radius 1 is 1.85 bits per heavy atom. The number of ether oxygens (including phenoxy) is 1. The molecule has 0 fully saturated rings. The van der Waals surface area contributed by atoms with E-state index in [9.17, 15) is 4.79 Å². The maximum atomic E-state index is 10.9. The van der Waals surface area contributed by atoms with Crippen LogP contribution >= 0.6 is 22.9 Å². The Bertz CT molecular complexity index is 300. The number of nitrogens with two attached hydrogens (primary N) is 1. The van der Waals surface area contributed by atoms with Crippen LogP contribution in [0.15, 0.2) is 11.4 Å². The number of methoxy groups -OCH3 is 1. The van der Waals surface area contributed by atoms with Gasteiger partial charge in [-0.1, -0.05) is 11.6 Å². The third kappa shape index (κ3) is 2.69. The molecule has 0 bridgehead atoms. The van der Waals surface area contributed by atoms with E-state index < -0.39 is 0 Å². The summed E-state index contributed by atoms with van der Waals surface area (Å²) in [5.41, 5.74) is 6.54. The van der Waals surface area contributed by atoms with Crippen LogP contribution in [-0.4, -0.2) is 13.1 Å². The Labute approximate surface area is 85.4 Å². The second-order valence-electron chi connectivity index (χ2n) is 2.54. The van der Waals surface area contributed by atoms with Crippen LogP contribution in [0.25, 0.3) is 0 Å². The molecule has 13 heavy (non-hydrogen) atoms. The van der Waals surface area contributed by atoms with Gasteiger partial charge in [0.2, 0.25) is 0 Å². The van der Waals surface area contributed by atoms with Gasteiger partial charge in [0.15, 0.2) is 0 Å². The van der Waals surface area contributed by atoms with Gasteiger partial charge in [-0.3, -0.25) is 4.79 Å². The second-order valence-corrected chi connectivity index (χ2v) is 4.05. The highest BCUT2D eigenvalue weighted by molar-refractivity contribution is 7.14. The van der Waals surface area contributed by atoms with Gasteiger partial charge in [-0.15, -0.1) is 11.3 Å². The molecule has 5 heteroatoms. The highest BCUT2D eigenvalue weighted by Crippen LogP contribution is 2.28. The van der Waals surface area contributed by atoms with Crippen molar-refractivity contribution in [2.24, 2.45) is 5.73 Å². The summed E-state index contributed by atoms with van der Waals surface area (Å²) >= 11 is 7.25. The number of halogens is 1. The summed E-state index contributed by atoms with van der Waals surface area (Å²) in [5, 5.41) is 1.84. The van der Waals surface area contributed by atoms with Gasteiger partial charge in [0, 0.05) is 6.04 Å². The number of hydrogen-bond donors (Lipinski definition) is 1. The Morgan fingerprint density at radius 2 is 2.54 bits per heavy atom. The minimum atomic E-state index is -0.369. The number of esters is 1. The molecule has 1 heterocycles. The zero-order valence-electron chi connectivity index (χ0n) is 7.12. The largest absolute Gasteiger partial charge is 0.469 e. The van der Waals surface area contributed by atoms with Crippen LogP contribution < -0.4 is 5.73 Å². The Kier molecular flexibility index (Phi) is 3.71. The summed E-state index contributed by atoms with van der Waals surface area (Å²) in [6.45, 7) is 0. The van der Waals surface area contributed by atoms with Crippen molar-refractivity contribution >= 4 is 28.9 Å². The molecule has 1 aromatic heterocycles. The van der Waals surface area contributed by atoms with Crippen molar-refractivity contribution < 1.29 is 9.53 Å². The third-order valence-electron chi connectivity index (χ3n) is 1.66. The molecule has 0 aliphatic rings. The van der Waals surface area contributed by atoms with Gasteiger partial charge in [0.05, 0.1) is 17.9 Å². The molecule has 3 nitrogen and oxygen atoms in total. The molecule has 0 aliphatic heterocycles. The van der Waals surface area contributed by atoms with Crippen LogP contribution in [0.4, 0.5) is 0 Å². The molecule has 72 valence electrons.